The number of aryl methyl sites for hydroxylation is 2. The molecule has 0 aliphatic rings. The average molecular weight is 255 g/mol. The minimum absolute atomic E-state index is 0.0969. The quantitative estimate of drug-likeness (QED) is 0.739. The van der Waals surface area contributed by atoms with E-state index in [1.165, 1.54) is 5.56 Å². The lowest BCUT2D eigenvalue weighted by Crippen LogP contribution is -1.95. The van der Waals surface area contributed by atoms with Crippen LogP contribution in [0.2, 0.25) is 0 Å². The number of aromatic carboxylic acids is 1. The van der Waals surface area contributed by atoms with Gasteiger partial charge in [-0.05, 0) is 18.6 Å². The lowest BCUT2D eigenvalue weighted by atomic mass is 10.1. The van der Waals surface area contributed by atoms with Crippen molar-refractivity contribution in [3.05, 3.63) is 41.7 Å². The van der Waals surface area contributed by atoms with Gasteiger partial charge in [0.05, 0.1) is 11.2 Å². The van der Waals surface area contributed by atoms with E-state index in [1.807, 2.05) is 29.9 Å². The number of carboxylic acids is 1. The summed E-state index contributed by atoms with van der Waals surface area (Å²) < 4.78 is 2.04. The van der Waals surface area contributed by atoms with Crippen molar-refractivity contribution in [3.8, 4) is 11.3 Å². The van der Waals surface area contributed by atoms with Crippen molar-refractivity contribution in [3.63, 3.8) is 0 Å². The van der Waals surface area contributed by atoms with Crippen molar-refractivity contribution < 1.29 is 9.90 Å². The van der Waals surface area contributed by atoms with Crippen LogP contribution in [0.15, 0.2) is 30.5 Å². The maximum absolute atomic E-state index is 10.9. The molecule has 0 fully saturated rings. The van der Waals surface area contributed by atoms with Crippen molar-refractivity contribution in [2.45, 2.75) is 6.92 Å². The second kappa shape index (κ2) is 3.98. The Morgan fingerprint density at radius 2 is 2.21 bits per heavy atom. The molecule has 0 spiro atoms. The number of hydrogen-bond acceptors (Lipinski definition) is 2. The molecule has 0 atom stereocenters. The van der Waals surface area contributed by atoms with Gasteiger partial charge in [0.15, 0.2) is 0 Å². The van der Waals surface area contributed by atoms with Crippen LogP contribution in [-0.4, -0.2) is 25.8 Å². The molecule has 96 valence electrons. The SMILES string of the molecule is Cc1cccc2c(-c3cc(C(=O)O)[nH]n3)cn(C)c12. The van der Waals surface area contributed by atoms with Crippen LogP contribution in [0.5, 0.6) is 0 Å². The molecule has 5 nitrogen and oxygen atoms in total. The van der Waals surface area contributed by atoms with Crippen molar-refractivity contribution in [1.82, 2.24) is 14.8 Å². The Morgan fingerprint density at radius 1 is 1.42 bits per heavy atom. The van der Waals surface area contributed by atoms with Gasteiger partial charge < -0.3 is 9.67 Å². The summed E-state index contributed by atoms with van der Waals surface area (Å²) in [4.78, 5) is 10.9. The van der Waals surface area contributed by atoms with E-state index in [-0.39, 0.29) is 5.69 Å². The molecule has 0 saturated heterocycles. The summed E-state index contributed by atoms with van der Waals surface area (Å²) >= 11 is 0. The minimum atomic E-state index is -1.00. The summed E-state index contributed by atoms with van der Waals surface area (Å²) in [5.41, 5.74) is 4.00. The number of benzene rings is 1. The van der Waals surface area contributed by atoms with Crippen LogP contribution in [0, 0.1) is 6.92 Å². The Kier molecular flexibility index (Phi) is 2.41. The minimum Gasteiger partial charge on any atom is -0.477 e. The lowest BCUT2D eigenvalue weighted by molar-refractivity contribution is 0.0690. The fourth-order valence-electron chi connectivity index (χ4n) is 2.45. The van der Waals surface area contributed by atoms with Crippen molar-refractivity contribution in [2.75, 3.05) is 0 Å². The highest BCUT2D eigenvalue weighted by Gasteiger charge is 2.14. The number of nitrogens with one attached hydrogen (secondary N) is 1. The van der Waals surface area contributed by atoms with E-state index in [0.717, 1.165) is 16.5 Å². The zero-order valence-corrected chi connectivity index (χ0v) is 10.6. The monoisotopic (exact) mass is 255 g/mol. The van der Waals surface area contributed by atoms with Crippen LogP contribution in [0.1, 0.15) is 16.1 Å². The third kappa shape index (κ3) is 1.71. The molecule has 0 saturated carbocycles. The van der Waals surface area contributed by atoms with Crippen molar-refractivity contribution in [2.24, 2.45) is 7.05 Å². The van der Waals surface area contributed by atoms with Gasteiger partial charge in [-0.2, -0.15) is 5.10 Å². The molecule has 1 aromatic carbocycles. The molecular weight excluding hydrogens is 242 g/mol. The summed E-state index contributed by atoms with van der Waals surface area (Å²) in [6.07, 6.45) is 1.97. The number of fused-ring (bicyclic) bond motifs is 1. The predicted octanol–water partition coefficient (Wildman–Crippen LogP) is 2.58. The zero-order valence-electron chi connectivity index (χ0n) is 10.6. The highest BCUT2D eigenvalue weighted by molar-refractivity contribution is 5.97. The normalized spacial score (nSPS) is 11.1. The third-order valence-electron chi connectivity index (χ3n) is 3.29. The number of H-pyrrole nitrogens is 1. The van der Waals surface area contributed by atoms with Gasteiger partial charge in [-0.15, -0.1) is 0 Å². The molecule has 5 heteroatoms. The first-order valence-corrected chi connectivity index (χ1v) is 5.91. The predicted molar refractivity (Wildman–Crippen MR) is 72.2 cm³/mol. The molecule has 0 radical (unpaired) electrons. The van der Waals surface area contributed by atoms with Crippen molar-refractivity contribution >= 4 is 16.9 Å². The second-order valence-corrected chi connectivity index (χ2v) is 4.60. The number of aromatic amines is 1. The molecule has 0 amide bonds. The topological polar surface area (TPSA) is 70.9 Å². The van der Waals surface area contributed by atoms with Gasteiger partial charge in [0.1, 0.15) is 5.69 Å². The van der Waals surface area contributed by atoms with Crippen molar-refractivity contribution in [1.29, 1.82) is 0 Å². The molecule has 2 N–H and O–H groups in total. The number of para-hydroxylation sites is 1. The van der Waals surface area contributed by atoms with Crippen LogP contribution >= 0.6 is 0 Å². The van der Waals surface area contributed by atoms with Gasteiger partial charge >= 0.3 is 5.97 Å². The van der Waals surface area contributed by atoms with Crippen LogP contribution in [-0.2, 0) is 7.05 Å². The standard InChI is InChI=1S/C14H13N3O2/c1-8-4-3-5-9-10(7-17(2)13(8)9)11-6-12(14(18)19)16-15-11/h3-7H,1-2H3,(H,15,16)(H,18,19). The van der Waals surface area contributed by atoms with E-state index < -0.39 is 5.97 Å². The van der Waals surface area contributed by atoms with Gasteiger partial charge in [0, 0.05) is 24.2 Å². The summed E-state index contributed by atoms with van der Waals surface area (Å²) in [5, 5.41) is 16.6. The second-order valence-electron chi connectivity index (χ2n) is 4.60. The zero-order chi connectivity index (χ0) is 13.6. The third-order valence-corrected chi connectivity index (χ3v) is 3.29. The molecule has 3 aromatic rings. The molecule has 2 aromatic heterocycles. The average Bonchev–Trinajstić information content (AvgIpc) is 2.95. The fraction of sp³-hybridized carbons (Fsp3) is 0.143. The summed E-state index contributed by atoms with van der Waals surface area (Å²) in [6.45, 7) is 2.05. The smallest absolute Gasteiger partial charge is 0.353 e. The van der Waals surface area contributed by atoms with Crippen LogP contribution in [0.25, 0.3) is 22.2 Å². The van der Waals surface area contributed by atoms with E-state index in [1.54, 1.807) is 6.07 Å². The van der Waals surface area contributed by atoms with E-state index in [2.05, 4.69) is 23.2 Å². The summed E-state index contributed by atoms with van der Waals surface area (Å²) in [7, 11) is 1.98. The first-order chi connectivity index (χ1) is 9.08. The summed E-state index contributed by atoms with van der Waals surface area (Å²) in [6, 6.07) is 7.62. The van der Waals surface area contributed by atoms with Gasteiger partial charge in [-0.3, -0.25) is 5.10 Å². The van der Waals surface area contributed by atoms with E-state index in [0.29, 0.717) is 5.69 Å². The van der Waals surface area contributed by atoms with E-state index in [9.17, 15) is 4.79 Å². The molecule has 0 aliphatic carbocycles. The van der Waals surface area contributed by atoms with Crippen LogP contribution in [0.4, 0.5) is 0 Å². The maximum Gasteiger partial charge on any atom is 0.353 e. The maximum atomic E-state index is 10.9. The number of carbonyl (C=O) groups is 1. The molecular formula is C14H13N3O2. The van der Waals surface area contributed by atoms with Gasteiger partial charge in [0.2, 0.25) is 0 Å². The Hall–Kier alpha value is -2.56. The Labute approximate surface area is 109 Å². The highest BCUT2D eigenvalue weighted by Crippen LogP contribution is 2.30. The Morgan fingerprint density at radius 3 is 2.89 bits per heavy atom. The first kappa shape index (κ1) is 11.5. The highest BCUT2D eigenvalue weighted by atomic mass is 16.4. The molecule has 3 rings (SSSR count). The van der Waals surface area contributed by atoms with E-state index >= 15 is 0 Å². The Bertz CT molecular complexity index is 783. The van der Waals surface area contributed by atoms with Crippen LogP contribution < -0.4 is 0 Å². The molecule has 0 bridgehead atoms. The fourth-order valence-corrected chi connectivity index (χ4v) is 2.45. The first-order valence-electron chi connectivity index (χ1n) is 5.91. The number of rotatable bonds is 2. The number of aromatic nitrogens is 3. The Balaban J connectivity index is 2.25. The number of nitrogens with zero attached hydrogens (tertiary/aromatic N) is 2. The van der Waals surface area contributed by atoms with Gasteiger partial charge in [0.25, 0.3) is 0 Å². The van der Waals surface area contributed by atoms with Gasteiger partial charge in [-0.25, -0.2) is 4.79 Å². The molecule has 2 heterocycles. The van der Waals surface area contributed by atoms with Crippen LogP contribution in [0.3, 0.4) is 0 Å². The molecule has 19 heavy (non-hydrogen) atoms. The molecule has 0 aliphatic heterocycles. The summed E-state index contributed by atoms with van der Waals surface area (Å²) in [5.74, 6) is -1.00. The van der Waals surface area contributed by atoms with Gasteiger partial charge in [-0.1, -0.05) is 18.2 Å². The molecule has 0 unspecified atom stereocenters. The largest absolute Gasteiger partial charge is 0.477 e. The number of carboxylic acid groups (broad SMARTS) is 1. The van der Waals surface area contributed by atoms with E-state index in [4.69, 9.17) is 5.11 Å². The lowest BCUT2D eigenvalue weighted by Gasteiger charge is -1.99. The number of hydrogen-bond donors (Lipinski definition) is 2.